The molecular formula is C10H15. The quantitative estimate of drug-likeness (QED) is 0.484. The van der Waals surface area contributed by atoms with Crippen LogP contribution in [0.4, 0.5) is 0 Å². The molecule has 1 atom stereocenters. The van der Waals surface area contributed by atoms with Crippen LogP contribution in [0.15, 0.2) is 23.8 Å². The molecule has 10 heavy (non-hydrogen) atoms. The third-order valence-corrected chi connectivity index (χ3v) is 2.08. The molecule has 0 saturated carbocycles. The topological polar surface area (TPSA) is 0 Å². The van der Waals surface area contributed by atoms with E-state index in [1.807, 2.05) is 0 Å². The predicted octanol–water partition coefficient (Wildman–Crippen LogP) is 3.12. The molecule has 0 saturated heterocycles. The van der Waals surface area contributed by atoms with Crippen molar-refractivity contribution >= 4 is 0 Å². The average Bonchev–Trinajstić information content (AvgIpc) is 1.88. The van der Waals surface area contributed by atoms with Gasteiger partial charge < -0.3 is 0 Å². The van der Waals surface area contributed by atoms with Gasteiger partial charge in [0.25, 0.3) is 0 Å². The molecule has 0 nitrogen and oxygen atoms in total. The van der Waals surface area contributed by atoms with Gasteiger partial charge in [0.05, 0.1) is 0 Å². The molecule has 0 amide bonds. The summed E-state index contributed by atoms with van der Waals surface area (Å²) in [6.07, 6.45) is 7.00. The Morgan fingerprint density at radius 1 is 1.70 bits per heavy atom. The van der Waals surface area contributed by atoms with Crippen LogP contribution < -0.4 is 0 Å². The molecule has 1 unspecified atom stereocenters. The van der Waals surface area contributed by atoms with Gasteiger partial charge in [-0.15, -0.1) is 0 Å². The van der Waals surface area contributed by atoms with Crippen LogP contribution >= 0.6 is 0 Å². The average molecular weight is 135 g/mol. The number of hydrogen-bond acceptors (Lipinski definition) is 0. The standard InChI is InChI=1S/C10H15/c1-8(2)10-6-4-9(3)5-7-10/h4,7,10H,1,5-6H2,2-3H3. The lowest BCUT2D eigenvalue weighted by molar-refractivity contribution is 0.666. The monoisotopic (exact) mass is 135 g/mol. The predicted molar refractivity (Wildman–Crippen MR) is 45.6 cm³/mol. The Bertz CT molecular complexity index is 163. The van der Waals surface area contributed by atoms with Crippen molar-refractivity contribution in [3.8, 4) is 0 Å². The Morgan fingerprint density at radius 2 is 2.40 bits per heavy atom. The number of hydrogen-bond donors (Lipinski definition) is 0. The van der Waals surface area contributed by atoms with Gasteiger partial charge in [-0.25, -0.2) is 0 Å². The summed E-state index contributed by atoms with van der Waals surface area (Å²) in [5.74, 6) is 0.642. The zero-order valence-corrected chi connectivity index (χ0v) is 6.85. The van der Waals surface area contributed by atoms with Crippen molar-refractivity contribution in [1.29, 1.82) is 0 Å². The fraction of sp³-hybridized carbons (Fsp3) is 0.500. The molecule has 1 aliphatic rings. The Hall–Kier alpha value is -0.520. The molecule has 1 radical (unpaired) electrons. The zero-order valence-electron chi connectivity index (χ0n) is 6.85. The summed E-state index contributed by atoms with van der Waals surface area (Å²) in [6.45, 7) is 8.24. The third kappa shape index (κ3) is 1.73. The van der Waals surface area contributed by atoms with Crippen molar-refractivity contribution in [3.05, 3.63) is 30.2 Å². The van der Waals surface area contributed by atoms with Gasteiger partial charge >= 0.3 is 0 Å². The summed E-state index contributed by atoms with van der Waals surface area (Å²) >= 11 is 0. The summed E-state index contributed by atoms with van der Waals surface area (Å²) in [7, 11) is 0. The normalized spacial score (nSPS) is 25.8. The van der Waals surface area contributed by atoms with Crippen molar-refractivity contribution in [2.24, 2.45) is 5.92 Å². The van der Waals surface area contributed by atoms with Gasteiger partial charge in [-0.05, 0) is 39.0 Å². The molecule has 0 aromatic heterocycles. The Labute approximate surface area is 63.6 Å². The first-order valence-electron chi connectivity index (χ1n) is 3.84. The van der Waals surface area contributed by atoms with Crippen LogP contribution in [0.3, 0.4) is 0 Å². The molecule has 0 spiro atoms. The van der Waals surface area contributed by atoms with Crippen LogP contribution in [-0.4, -0.2) is 0 Å². The summed E-state index contributed by atoms with van der Waals surface area (Å²) in [5, 5.41) is 0. The van der Waals surface area contributed by atoms with Gasteiger partial charge in [-0.3, -0.25) is 0 Å². The Balaban J connectivity index is 2.50. The first-order valence-corrected chi connectivity index (χ1v) is 3.84. The van der Waals surface area contributed by atoms with E-state index in [-0.39, 0.29) is 0 Å². The van der Waals surface area contributed by atoms with E-state index in [0.717, 1.165) is 6.42 Å². The van der Waals surface area contributed by atoms with Gasteiger partial charge in [0.1, 0.15) is 0 Å². The molecule has 1 aliphatic carbocycles. The van der Waals surface area contributed by atoms with Crippen molar-refractivity contribution < 1.29 is 0 Å². The smallest absolute Gasteiger partial charge is 0.0140 e. The molecule has 0 N–H and O–H groups in total. The molecule has 0 heterocycles. The maximum absolute atomic E-state index is 3.94. The summed E-state index contributed by atoms with van der Waals surface area (Å²) in [4.78, 5) is 0. The van der Waals surface area contributed by atoms with E-state index in [2.05, 4.69) is 32.9 Å². The highest BCUT2D eigenvalue weighted by Gasteiger charge is 2.12. The van der Waals surface area contributed by atoms with E-state index >= 15 is 0 Å². The van der Waals surface area contributed by atoms with E-state index in [9.17, 15) is 0 Å². The minimum atomic E-state index is 0.642. The van der Waals surface area contributed by atoms with Gasteiger partial charge in [-0.2, -0.15) is 0 Å². The molecule has 0 heteroatoms. The minimum Gasteiger partial charge on any atom is -0.0998 e. The van der Waals surface area contributed by atoms with Gasteiger partial charge in [0, 0.05) is 0 Å². The highest BCUT2D eigenvalue weighted by atomic mass is 14.2. The number of rotatable bonds is 1. The van der Waals surface area contributed by atoms with Gasteiger partial charge in [-0.1, -0.05) is 23.8 Å². The molecule has 0 aliphatic heterocycles. The van der Waals surface area contributed by atoms with Crippen LogP contribution in [0.5, 0.6) is 0 Å². The molecule has 0 aromatic rings. The first-order chi connectivity index (χ1) is 4.70. The minimum absolute atomic E-state index is 0.642. The summed E-state index contributed by atoms with van der Waals surface area (Å²) in [5.41, 5.74) is 2.79. The summed E-state index contributed by atoms with van der Waals surface area (Å²) in [6, 6.07) is 0. The van der Waals surface area contributed by atoms with E-state index in [0.29, 0.717) is 5.92 Å². The molecule has 0 aromatic carbocycles. The van der Waals surface area contributed by atoms with E-state index in [4.69, 9.17) is 0 Å². The lowest BCUT2D eigenvalue weighted by Crippen LogP contribution is -2.05. The Kier molecular flexibility index (Phi) is 2.31. The lowest BCUT2D eigenvalue weighted by Gasteiger charge is -2.19. The molecule has 1 rings (SSSR count). The highest BCUT2D eigenvalue weighted by molar-refractivity contribution is 5.16. The molecule has 0 bridgehead atoms. The van der Waals surface area contributed by atoms with E-state index < -0.39 is 0 Å². The first kappa shape index (κ1) is 7.59. The van der Waals surface area contributed by atoms with Crippen LogP contribution in [0, 0.1) is 12.3 Å². The third-order valence-electron chi connectivity index (χ3n) is 2.08. The maximum Gasteiger partial charge on any atom is -0.0140 e. The van der Waals surface area contributed by atoms with Crippen LogP contribution in [0.25, 0.3) is 0 Å². The molecule has 0 fully saturated rings. The van der Waals surface area contributed by atoms with E-state index in [1.54, 1.807) is 0 Å². The van der Waals surface area contributed by atoms with Crippen LogP contribution in [0.2, 0.25) is 0 Å². The fourth-order valence-electron chi connectivity index (χ4n) is 1.24. The zero-order chi connectivity index (χ0) is 7.56. The van der Waals surface area contributed by atoms with Crippen LogP contribution in [-0.2, 0) is 0 Å². The fourth-order valence-corrected chi connectivity index (χ4v) is 1.24. The second-order valence-electron chi connectivity index (χ2n) is 3.18. The molecule has 55 valence electrons. The second kappa shape index (κ2) is 3.05. The van der Waals surface area contributed by atoms with Crippen LogP contribution in [0.1, 0.15) is 26.7 Å². The van der Waals surface area contributed by atoms with Crippen molar-refractivity contribution in [2.75, 3.05) is 0 Å². The largest absolute Gasteiger partial charge is 0.0998 e. The summed E-state index contributed by atoms with van der Waals surface area (Å²) < 4.78 is 0. The van der Waals surface area contributed by atoms with Crippen molar-refractivity contribution in [2.45, 2.75) is 26.7 Å². The lowest BCUT2D eigenvalue weighted by atomic mass is 9.86. The number of allylic oxidation sites excluding steroid dienone is 3. The second-order valence-corrected chi connectivity index (χ2v) is 3.18. The highest BCUT2D eigenvalue weighted by Crippen LogP contribution is 2.26. The van der Waals surface area contributed by atoms with Crippen molar-refractivity contribution in [3.63, 3.8) is 0 Å². The Morgan fingerprint density at radius 3 is 2.80 bits per heavy atom. The van der Waals surface area contributed by atoms with E-state index in [1.165, 1.54) is 17.6 Å². The molecular weight excluding hydrogens is 120 g/mol. The SMILES string of the molecule is C=C(C)C1[CH]CC(C)=CC1. The van der Waals surface area contributed by atoms with Crippen molar-refractivity contribution in [1.82, 2.24) is 0 Å². The van der Waals surface area contributed by atoms with Gasteiger partial charge in [0.2, 0.25) is 0 Å². The maximum atomic E-state index is 3.94. The van der Waals surface area contributed by atoms with Gasteiger partial charge in [0.15, 0.2) is 0 Å².